The van der Waals surface area contributed by atoms with E-state index in [4.69, 9.17) is 10.6 Å². The molecule has 82 valence electrons. The van der Waals surface area contributed by atoms with Crippen LogP contribution in [0.15, 0.2) is 23.2 Å². The SMILES string of the molecule is N=S(=O)(c1ccc(NN)nc1)C1CCC1. The summed E-state index contributed by atoms with van der Waals surface area (Å²) in [5.74, 6) is 5.69. The van der Waals surface area contributed by atoms with Gasteiger partial charge >= 0.3 is 0 Å². The average Bonchev–Trinajstić information content (AvgIpc) is 2.14. The van der Waals surface area contributed by atoms with Crippen LogP contribution in [-0.2, 0) is 9.73 Å². The van der Waals surface area contributed by atoms with Crippen molar-refractivity contribution < 1.29 is 4.21 Å². The number of nitrogens with zero attached hydrogens (tertiary/aromatic N) is 1. The summed E-state index contributed by atoms with van der Waals surface area (Å²) in [4.78, 5) is 4.47. The molecule has 0 amide bonds. The van der Waals surface area contributed by atoms with E-state index in [1.54, 1.807) is 12.1 Å². The summed E-state index contributed by atoms with van der Waals surface area (Å²) >= 11 is 0. The first-order valence-electron chi connectivity index (χ1n) is 4.85. The maximum atomic E-state index is 12.1. The van der Waals surface area contributed by atoms with Crippen LogP contribution in [0.3, 0.4) is 0 Å². The largest absolute Gasteiger partial charge is 0.308 e. The Morgan fingerprint density at radius 2 is 2.27 bits per heavy atom. The number of aromatic nitrogens is 1. The number of hydrogen-bond acceptors (Lipinski definition) is 5. The molecular weight excluding hydrogens is 212 g/mol. The van der Waals surface area contributed by atoms with Crippen molar-refractivity contribution in [1.82, 2.24) is 4.98 Å². The second-order valence-corrected chi connectivity index (χ2v) is 6.02. The average molecular weight is 226 g/mol. The maximum Gasteiger partial charge on any atom is 0.139 e. The Bertz CT molecular complexity index is 436. The van der Waals surface area contributed by atoms with Gasteiger partial charge in [-0.2, -0.15) is 0 Å². The summed E-state index contributed by atoms with van der Waals surface area (Å²) in [5, 5.41) is 0.0102. The van der Waals surface area contributed by atoms with E-state index in [1.165, 1.54) is 6.20 Å². The summed E-state index contributed by atoms with van der Waals surface area (Å²) in [5.41, 5.74) is 2.40. The van der Waals surface area contributed by atoms with Crippen molar-refractivity contribution in [3.63, 3.8) is 0 Å². The molecule has 1 aromatic heterocycles. The van der Waals surface area contributed by atoms with Crippen LogP contribution in [-0.4, -0.2) is 14.4 Å². The number of nitrogens with one attached hydrogen (secondary N) is 2. The van der Waals surface area contributed by atoms with Gasteiger partial charge < -0.3 is 5.43 Å². The van der Waals surface area contributed by atoms with Crippen LogP contribution in [0.2, 0.25) is 0 Å². The molecule has 15 heavy (non-hydrogen) atoms. The number of hydrazine groups is 1. The van der Waals surface area contributed by atoms with Gasteiger partial charge in [-0.25, -0.2) is 19.8 Å². The summed E-state index contributed by atoms with van der Waals surface area (Å²) < 4.78 is 20.0. The molecule has 1 atom stereocenters. The summed E-state index contributed by atoms with van der Waals surface area (Å²) in [6.45, 7) is 0. The summed E-state index contributed by atoms with van der Waals surface area (Å²) in [6, 6.07) is 3.30. The third-order valence-electron chi connectivity index (χ3n) is 2.76. The van der Waals surface area contributed by atoms with E-state index in [1.807, 2.05) is 0 Å². The van der Waals surface area contributed by atoms with Crippen molar-refractivity contribution in [2.45, 2.75) is 29.4 Å². The van der Waals surface area contributed by atoms with Crippen molar-refractivity contribution >= 4 is 15.5 Å². The van der Waals surface area contributed by atoms with Crippen molar-refractivity contribution in [1.29, 1.82) is 4.78 Å². The van der Waals surface area contributed by atoms with Gasteiger partial charge in [0.2, 0.25) is 0 Å². The molecule has 1 heterocycles. The van der Waals surface area contributed by atoms with Crippen LogP contribution in [0.5, 0.6) is 0 Å². The highest BCUT2D eigenvalue weighted by Gasteiger charge is 2.29. The number of anilines is 1. The Hall–Kier alpha value is -1.14. The Kier molecular flexibility index (Phi) is 2.62. The van der Waals surface area contributed by atoms with Crippen LogP contribution in [0.25, 0.3) is 0 Å². The molecule has 0 aliphatic heterocycles. The number of nitrogen functional groups attached to an aromatic ring is 1. The van der Waals surface area contributed by atoms with E-state index < -0.39 is 9.73 Å². The first kappa shape index (κ1) is 10.4. The van der Waals surface area contributed by atoms with E-state index in [2.05, 4.69) is 10.4 Å². The van der Waals surface area contributed by atoms with E-state index in [-0.39, 0.29) is 5.25 Å². The lowest BCUT2D eigenvalue weighted by Gasteiger charge is -2.27. The molecule has 0 bridgehead atoms. The molecule has 6 heteroatoms. The fourth-order valence-electron chi connectivity index (χ4n) is 1.54. The minimum Gasteiger partial charge on any atom is -0.308 e. The van der Waals surface area contributed by atoms with Crippen molar-refractivity contribution in [3.8, 4) is 0 Å². The fourth-order valence-corrected chi connectivity index (χ4v) is 3.40. The minimum atomic E-state index is -2.66. The van der Waals surface area contributed by atoms with Gasteiger partial charge in [-0.15, -0.1) is 0 Å². The first-order valence-corrected chi connectivity index (χ1v) is 6.47. The molecule has 0 spiro atoms. The van der Waals surface area contributed by atoms with Crippen LogP contribution in [0, 0.1) is 4.78 Å². The van der Waals surface area contributed by atoms with Gasteiger partial charge in [0.25, 0.3) is 0 Å². The number of pyridine rings is 1. The molecule has 1 unspecified atom stereocenters. The smallest absolute Gasteiger partial charge is 0.139 e. The number of hydrogen-bond donors (Lipinski definition) is 3. The Balaban J connectivity index is 2.28. The second kappa shape index (κ2) is 3.79. The third kappa shape index (κ3) is 1.82. The van der Waals surface area contributed by atoms with Gasteiger partial charge in [-0.3, -0.25) is 0 Å². The Morgan fingerprint density at radius 3 is 2.67 bits per heavy atom. The Morgan fingerprint density at radius 1 is 1.53 bits per heavy atom. The molecule has 1 aliphatic carbocycles. The van der Waals surface area contributed by atoms with Crippen LogP contribution < -0.4 is 11.3 Å². The molecule has 1 aliphatic rings. The van der Waals surface area contributed by atoms with Crippen molar-refractivity contribution in [3.05, 3.63) is 18.3 Å². The number of nitrogens with two attached hydrogens (primary N) is 1. The lowest BCUT2D eigenvalue weighted by atomic mass is 10.00. The third-order valence-corrected chi connectivity index (χ3v) is 5.11. The number of rotatable bonds is 3. The predicted molar refractivity (Wildman–Crippen MR) is 58.8 cm³/mol. The fraction of sp³-hybridized carbons (Fsp3) is 0.444. The second-order valence-electron chi connectivity index (χ2n) is 3.68. The highest BCUT2D eigenvalue weighted by molar-refractivity contribution is 7.93. The zero-order chi connectivity index (χ0) is 10.9. The van der Waals surface area contributed by atoms with Crippen LogP contribution in [0.4, 0.5) is 5.82 Å². The van der Waals surface area contributed by atoms with Gasteiger partial charge in [0.1, 0.15) is 5.82 Å². The van der Waals surface area contributed by atoms with Crippen molar-refractivity contribution in [2.24, 2.45) is 5.84 Å². The first-order chi connectivity index (χ1) is 7.14. The molecule has 5 nitrogen and oxygen atoms in total. The lowest BCUT2D eigenvalue weighted by molar-refractivity contribution is 0.500. The van der Waals surface area contributed by atoms with E-state index in [0.717, 1.165) is 19.3 Å². The predicted octanol–water partition coefficient (Wildman–Crippen LogP) is 1.33. The van der Waals surface area contributed by atoms with Gasteiger partial charge in [-0.1, -0.05) is 6.42 Å². The van der Waals surface area contributed by atoms with Crippen molar-refractivity contribution in [2.75, 3.05) is 5.43 Å². The van der Waals surface area contributed by atoms with Gasteiger partial charge in [-0.05, 0) is 25.0 Å². The normalized spacial score (nSPS) is 20.3. The summed E-state index contributed by atoms with van der Waals surface area (Å²) in [6.07, 6.45) is 4.33. The highest BCUT2D eigenvalue weighted by atomic mass is 32.2. The highest BCUT2D eigenvalue weighted by Crippen LogP contribution is 2.31. The quantitative estimate of drug-likeness (QED) is 0.535. The zero-order valence-corrected chi connectivity index (χ0v) is 9.09. The molecule has 2 rings (SSSR count). The molecule has 4 N–H and O–H groups in total. The molecule has 0 aromatic carbocycles. The molecule has 1 saturated carbocycles. The van der Waals surface area contributed by atoms with E-state index >= 15 is 0 Å². The minimum absolute atomic E-state index is 0.0102. The summed E-state index contributed by atoms with van der Waals surface area (Å²) in [7, 11) is -2.66. The standard InChI is InChI=1S/C9H14N4OS/c10-13-9-5-4-8(6-12-9)15(11,14)7-2-1-3-7/h4-7,11H,1-3,10H2,(H,12,13). The van der Waals surface area contributed by atoms with Gasteiger partial charge in [0.15, 0.2) is 0 Å². The van der Waals surface area contributed by atoms with Crippen LogP contribution in [0.1, 0.15) is 19.3 Å². The van der Waals surface area contributed by atoms with Crippen LogP contribution >= 0.6 is 0 Å². The van der Waals surface area contributed by atoms with E-state index in [0.29, 0.717) is 10.7 Å². The molecule has 1 fully saturated rings. The topological polar surface area (TPSA) is 91.9 Å². The lowest BCUT2D eigenvalue weighted by Crippen LogP contribution is -2.27. The Labute approximate surface area is 89.0 Å². The molecule has 0 saturated heterocycles. The zero-order valence-electron chi connectivity index (χ0n) is 8.27. The van der Waals surface area contributed by atoms with E-state index in [9.17, 15) is 4.21 Å². The van der Waals surface area contributed by atoms with Gasteiger partial charge in [0.05, 0.1) is 14.6 Å². The van der Waals surface area contributed by atoms with Gasteiger partial charge in [0, 0.05) is 11.4 Å². The molecule has 1 aromatic rings. The molecule has 0 radical (unpaired) electrons. The monoisotopic (exact) mass is 226 g/mol. The molecular formula is C9H14N4OS. The maximum absolute atomic E-state index is 12.1.